The Balaban J connectivity index is 1.87. The minimum atomic E-state index is 0.661. The van der Waals surface area contributed by atoms with Gasteiger partial charge in [0.15, 0.2) is 0 Å². The number of ether oxygens (including phenoxy) is 1. The first-order valence-corrected chi connectivity index (χ1v) is 7.57. The molecule has 1 N–H and O–H groups in total. The standard InChI is InChI=1S/C15H23NOS/c1-11(2)7-16-8-13-4-5-14(6-12(13)3)18-15-9-17-10-15/h4-6,11,15-16H,7-10H2,1-3H3. The third-order valence-corrected chi connectivity index (χ3v) is 4.22. The van der Waals surface area contributed by atoms with Crippen molar-refractivity contribution in [2.45, 2.75) is 37.5 Å². The van der Waals surface area contributed by atoms with Crippen LogP contribution in [0.25, 0.3) is 0 Å². The van der Waals surface area contributed by atoms with E-state index in [9.17, 15) is 0 Å². The van der Waals surface area contributed by atoms with Crippen LogP contribution in [-0.4, -0.2) is 25.0 Å². The number of aryl methyl sites for hydroxylation is 1. The Morgan fingerprint density at radius 2 is 2.17 bits per heavy atom. The van der Waals surface area contributed by atoms with Crippen molar-refractivity contribution in [1.29, 1.82) is 0 Å². The van der Waals surface area contributed by atoms with Gasteiger partial charge in [-0.05, 0) is 42.6 Å². The van der Waals surface area contributed by atoms with E-state index in [-0.39, 0.29) is 0 Å². The molecule has 2 rings (SSSR count). The van der Waals surface area contributed by atoms with Gasteiger partial charge in [0.2, 0.25) is 0 Å². The summed E-state index contributed by atoms with van der Waals surface area (Å²) in [5, 5.41) is 4.16. The molecule has 1 aromatic rings. The van der Waals surface area contributed by atoms with Crippen LogP contribution >= 0.6 is 11.8 Å². The molecule has 0 spiro atoms. The minimum Gasteiger partial charge on any atom is -0.379 e. The van der Waals surface area contributed by atoms with Crippen LogP contribution in [0.3, 0.4) is 0 Å². The number of hydrogen-bond acceptors (Lipinski definition) is 3. The summed E-state index contributed by atoms with van der Waals surface area (Å²) < 4.78 is 5.21. The summed E-state index contributed by atoms with van der Waals surface area (Å²) in [6, 6.07) is 6.79. The maximum Gasteiger partial charge on any atom is 0.0611 e. The maximum absolute atomic E-state index is 5.21. The number of benzene rings is 1. The third kappa shape index (κ3) is 4.01. The summed E-state index contributed by atoms with van der Waals surface area (Å²) in [5.74, 6) is 0.707. The molecule has 1 fully saturated rings. The van der Waals surface area contributed by atoms with Crippen molar-refractivity contribution in [2.24, 2.45) is 5.92 Å². The smallest absolute Gasteiger partial charge is 0.0611 e. The lowest BCUT2D eigenvalue weighted by Crippen LogP contribution is -2.30. The van der Waals surface area contributed by atoms with Gasteiger partial charge < -0.3 is 10.1 Å². The molecule has 2 nitrogen and oxygen atoms in total. The fourth-order valence-corrected chi connectivity index (χ4v) is 3.01. The monoisotopic (exact) mass is 265 g/mol. The molecule has 1 aliphatic rings. The molecule has 0 radical (unpaired) electrons. The molecule has 0 aliphatic carbocycles. The number of rotatable bonds is 6. The third-order valence-electron chi connectivity index (χ3n) is 3.09. The van der Waals surface area contributed by atoms with Crippen molar-refractivity contribution < 1.29 is 4.74 Å². The fraction of sp³-hybridized carbons (Fsp3) is 0.600. The van der Waals surface area contributed by atoms with Crippen molar-refractivity contribution >= 4 is 11.8 Å². The van der Waals surface area contributed by atoms with E-state index >= 15 is 0 Å². The quantitative estimate of drug-likeness (QED) is 0.853. The molecular formula is C15H23NOS. The van der Waals surface area contributed by atoms with E-state index in [4.69, 9.17) is 4.74 Å². The Bertz CT molecular complexity index is 388. The fourth-order valence-electron chi connectivity index (χ4n) is 1.91. The Morgan fingerprint density at radius 3 is 2.72 bits per heavy atom. The van der Waals surface area contributed by atoms with Crippen LogP contribution in [0.2, 0.25) is 0 Å². The highest BCUT2D eigenvalue weighted by molar-refractivity contribution is 8.00. The zero-order valence-electron chi connectivity index (χ0n) is 11.5. The van der Waals surface area contributed by atoms with E-state index in [0.717, 1.165) is 26.3 Å². The molecule has 100 valence electrons. The van der Waals surface area contributed by atoms with Gasteiger partial charge in [0.1, 0.15) is 0 Å². The molecule has 0 aromatic heterocycles. The number of thioether (sulfide) groups is 1. The zero-order chi connectivity index (χ0) is 13.0. The molecule has 0 atom stereocenters. The average Bonchev–Trinajstić information content (AvgIpc) is 2.26. The van der Waals surface area contributed by atoms with Gasteiger partial charge in [0.05, 0.1) is 18.5 Å². The lowest BCUT2D eigenvalue weighted by Gasteiger charge is -2.25. The summed E-state index contributed by atoms with van der Waals surface area (Å²) in [6.07, 6.45) is 0. The lowest BCUT2D eigenvalue weighted by molar-refractivity contribution is 0.0455. The molecule has 0 saturated carbocycles. The van der Waals surface area contributed by atoms with Crippen LogP contribution in [0, 0.1) is 12.8 Å². The minimum absolute atomic E-state index is 0.661. The van der Waals surface area contributed by atoms with Crippen LogP contribution in [0.4, 0.5) is 0 Å². The highest BCUT2D eigenvalue weighted by Gasteiger charge is 2.19. The molecule has 1 aliphatic heterocycles. The van der Waals surface area contributed by atoms with Gasteiger partial charge in [0, 0.05) is 11.4 Å². The molecular weight excluding hydrogens is 242 g/mol. The first-order valence-electron chi connectivity index (χ1n) is 6.70. The van der Waals surface area contributed by atoms with E-state index in [1.807, 2.05) is 11.8 Å². The molecule has 0 bridgehead atoms. The van der Waals surface area contributed by atoms with Gasteiger partial charge in [-0.1, -0.05) is 19.9 Å². The summed E-state index contributed by atoms with van der Waals surface area (Å²) in [7, 11) is 0. The van der Waals surface area contributed by atoms with Gasteiger partial charge in [-0.15, -0.1) is 11.8 Å². The van der Waals surface area contributed by atoms with Gasteiger partial charge in [0.25, 0.3) is 0 Å². The van der Waals surface area contributed by atoms with Crippen molar-refractivity contribution in [2.75, 3.05) is 19.8 Å². The Hall–Kier alpha value is -0.510. The zero-order valence-corrected chi connectivity index (χ0v) is 12.3. The second kappa shape index (κ2) is 6.60. The van der Waals surface area contributed by atoms with Crippen LogP contribution in [-0.2, 0) is 11.3 Å². The predicted molar refractivity (Wildman–Crippen MR) is 78.2 cm³/mol. The van der Waals surface area contributed by atoms with Gasteiger partial charge in [-0.25, -0.2) is 0 Å². The van der Waals surface area contributed by atoms with E-state index in [2.05, 4.69) is 44.3 Å². The van der Waals surface area contributed by atoms with Gasteiger partial charge >= 0.3 is 0 Å². The van der Waals surface area contributed by atoms with Crippen LogP contribution in [0.15, 0.2) is 23.1 Å². The van der Waals surface area contributed by atoms with Crippen molar-refractivity contribution in [3.63, 3.8) is 0 Å². The van der Waals surface area contributed by atoms with Gasteiger partial charge in [-0.3, -0.25) is 0 Å². The van der Waals surface area contributed by atoms with Crippen molar-refractivity contribution in [1.82, 2.24) is 5.32 Å². The second-order valence-electron chi connectivity index (χ2n) is 5.39. The molecule has 3 heteroatoms. The summed E-state index contributed by atoms with van der Waals surface area (Å²) in [5.41, 5.74) is 2.79. The Morgan fingerprint density at radius 1 is 1.39 bits per heavy atom. The molecule has 1 saturated heterocycles. The van der Waals surface area contributed by atoms with E-state index in [0.29, 0.717) is 11.2 Å². The van der Waals surface area contributed by atoms with Gasteiger partial charge in [-0.2, -0.15) is 0 Å². The summed E-state index contributed by atoms with van der Waals surface area (Å²) >= 11 is 1.94. The normalized spacial score (nSPS) is 16.0. The maximum atomic E-state index is 5.21. The average molecular weight is 265 g/mol. The Labute approximate surface area is 114 Å². The molecule has 1 aromatic carbocycles. The Kier molecular flexibility index (Phi) is 5.10. The topological polar surface area (TPSA) is 21.3 Å². The lowest BCUT2D eigenvalue weighted by atomic mass is 10.1. The predicted octanol–water partition coefficient (Wildman–Crippen LogP) is 3.23. The SMILES string of the molecule is Cc1cc(SC2COC2)ccc1CNCC(C)C. The van der Waals surface area contributed by atoms with Crippen molar-refractivity contribution in [3.8, 4) is 0 Å². The highest BCUT2D eigenvalue weighted by Crippen LogP contribution is 2.29. The van der Waals surface area contributed by atoms with E-state index < -0.39 is 0 Å². The highest BCUT2D eigenvalue weighted by atomic mass is 32.2. The van der Waals surface area contributed by atoms with Crippen LogP contribution in [0.5, 0.6) is 0 Å². The molecule has 0 unspecified atom stereocenters. The number of hydrogen-bond donors (Lipinski definition) is 1. The van der Waals surface area contributed by atoms with E-state index in [1.54, 1.807) is 0 Å². The van der Waals surface area contributed by atoms with Crippen LogP contribution in [0.1, 0.15) is 25.0 Å². The second-order valence-corrected chi connectivity index (χ2v) is 6.76. The van der Waals surface area contributed by atoms with Crippen molar-refractivity contribution in [3.05, 3.63) is 29.3 Å². The molecule has 18 heavy (non-hydrogen) atoms. The molecule has 0 amide bonds. The summed E-state index contributed by atoms with van der Waals surface area (Å²) in [6.45, 7) is 10.5. The van der Waals surface area contributed by atoms with Crippen LogP contribution < -0.4 is 5.32 Å². The summed E-state index contributed by atoms with van der Waals surface area (Å²) in [4.78, 5) is 1.37. The first-order chi connectivity index (χ1) is 8.65. The molecule has 1 heterocycles. The van der Waals surface area contributed by atoms with E-state index in [1.165, 1.54) is 16.0 Å². The first kappa shape index (κ1) is 13.9. The number of nitrogens with one attached hydrogen (secondary N) is 1. The largest absolute Gasteiger partial charge is 0.379 e.